The highest BCUT2D eigenvalue weighted by Crippen LogP contribution is 2.06. The molecule has 0 bridgehead atoms. The van der Waals surface area contributed by atoms with Crippen LogP contribution in [0, 0.1) is 6.92 Å². The van der Waals surface area contributed by atoms with E-state index in [0.29, 0.717) is 6.54 Å². The molecule has 0 saturated heterocycles. The number of hydrogen-bond donors (Lipinski definition) is 1. The van der Waals surface area contributed by atoms with Crippen LogP contribution >= 0.6 is 0 Å². The summed E-state index contributed by atoms with van der Waals surface area (Å²) in [6, 6.07) is 2.10. The third-order valence-corrected chi connectivity index (χ3v) is 2.47. The highest BCUT2D eigenvalue weighted by Gasteiger charge is 2.05. The lowest BCUT2D eigenvalue weighted by atomic mass is 10.3. The van der Waals surface area contributed by atoms with Crippen LogP contribution in [0.5, 0.6) is 0 Å². The van der Waals surface area contributed by atoms with Crippen molar-refractivity contribution in [3.63, 3.8) is 0 Å². The topological polar surface area (TPSA) is 55.9 Å². The number of hydrogen-bond acceptors (Lipinski definition) is 4. The van der Waals surface area contributed by atoms with E-state index in [-0.39, 0.29) is 0 Å². The van der Waals surface area contributed by atoms with Gasteiger partial charge in [-0.05, 0) is 25.1 Å². The minimum atomic E-state index is 0.710. The van der Waals surface area contributed by atoms with Crippen LogP contribution in [0.15, 0.2) is 23.1 Å². The normalized spacial score (nSPS) is 10.9. The summed E-state index contributed by atoms with van der Waals surface area (Å²) >= 11 is 0. The maximum absolute atomic E-state index is 4.66. The predicted octanol–water partition coefficient (Wildman–Crippen LogP) is 1.34. The molecule has 16 heavy (non-hydrogen) atoms. The molecule has 0 aliphatic rings. The van der Waals surface area contributed by atoms with Crippen molar-refractivity contribution in [2.45, 2.75) is 26.9 Å². The fraction of sp³-hybridized carbons (Fsp3) is 0.455. The molecule has 0 atom stereocenters. The molecule has 2 aromatic heterocycles. The van der Waals surface area contributed by atoms with Crippen molar-refractivity contribution >= 4 is 0 Å². The van der Waals surface area contributed by atoms with Crippen LogP contribution in [-0.4, -0.2) is 21.4 Å². The van der Waals surface area contributed by atoms with Crippen molar-refractivity contribution in [1.82, 2.24) is 20.2 Å². The van der Waals surface area contributed by atoms with Crippen LogP contribution in [0.3, 0.4) is 0 Å². The van der Waals surface area contributed by atoms with Crippen molar-refractivity contribution < 1.29 is 4.63 Å². The van der Waals surface area contributed by atoms with Crippen LogP contribution in [-0.2, 0) is 13.1 Å². The second-order valence-electron chi connectivity index (χ2n) is 3.77. The molecule has 0 amide bonds. The SMILES string of the molecule is CCNCc1ccn(Cc2nonc2C)c1. The minimum Gasteiger partial charge on any atom is -0.348 e. The minimum absolute atomic E-state index is 0.710. The lowest BCUT2D eigenvalue weighted by Gasteiger charge is -1.99. The van der Waals surface area contributed by atoms with E-state index in [1.165, 1.54) is 5.56 Å². The first kappa shape index (κ1) is 10.9. The van der Waals surface area contributed by atoms with Crippen LogP contribution < -0.4 is 5.32 Å². The molecule has 5 heteroatoms. The molecule has 2 aromatic rings. The van der Waals surface area contributed by atoms with Gasteiger partial charge in [0.2, 0.25) is 0 Å². The van der Waals surface area contributed by atoms with Crippen molar-refractivity contribution in [2.24, 2.45) is 0 Å². The van der Waals surface area contributed by atoms with E-state index in [9.17, 15) is 0 Å². The fourth-order valence-electron chi connectivity index (χ4n) is 1.53. The molecule has 2 rings (SSSR count). The Kier molecular flexibility index (Phi) is 3.36. The number of rotatable bonds is 5. The summed E-state index contributed by atoms with van der Waals surface area (Å²) in [5, 5.41) is 10.9. The number of aryl methyl sites for hydroxylation is 1. The highest BCUT2D eigenvalue weighted by molar-refractivity contribution is 5.13. The quantitative estimate of drug-likeness (QED) is 0.826. The van der Waals surface area contributed by atoms with Gasteiger partial charge in [-0.2, -0.15) is 0 Å². The molecule has 0 radical (unpaired) electrons. The van der Waals surface area contributed by atoms with Gasteiger partial charge in [-0.25, -0.2) is 4.63 Å². The molecule has 0 unspecified atom stereocenters. The maximum atomic E-state index is 4.66. The Hall–Kier alpha value is -1.62. The zero-order chi connectivity index (χ0) is 11.4. The Morgan fingerprint density at radius 3 is 3.00 bits per heavy atom. The van der Waals surface area contributed by atoms with Gasteiger partial charge in [0.25, 0.3) is 0 Å². The van der Waals surface area contributed by atoms with Gasteiger partial charge in [-0.1, -0.05) is 17.2 Å². The van der Waals surface area contributed by atoms with Gasteiger partial charge in [0, 0.05) is 18.9 Å². The summed E-state index contributed by atoms with van der Waals surface area (Å²) < 4.78 is 6.75. The van der Waals surface area contributed by atoms with E-state index < -0.39 is 0 Å². The van der Waals surface area contributed by atoms with E-state index in [1.807, 2.05) is 13.1 Å². The van der Waals surface area contributed by atoms with Crippen LogP contribution in [0.4, 0.5) is 0 Å². The van der Waals surface area contributed by atoms with Crippen molar-refractivity contribution in [3.8, 4) is 0 Å². The van der Waals surface area contributed by atoms with E-state index in [4.69, 9.17) is 0 Å². The molecule has 86 valence electrons. The van der Waals surface area contributed by atoms with Gasteiger partial charge < -0.3 is 9.88 Å². The Labute approximate surface area is 94.4 Å². The molecule has 0 aliphatic carbocycles. The summed E-state index contributed by atoms with van der Waals surface area (Å²) in [5.74, 6) is 0. The van der Waals surface area contributed by atoms with Gasteiger partial charge in [0.1, 0.15) is 11.4 Å². The summed E-state index contributed by atoms with van der Waals surface area (Å²) in [7, 11) is 0. The molecule has 0 saturated carbocycles. The van der Waals surface area contributed by atoms with E-state index >= 15 is 0 Å². The standard InChI is InChI=1S/C11H16N4O/c1-3-12-6-10-4-5-15(7-10)8-11-9(2)13-16-14-11/h4-5,7,12H,3,6,8H2,1-2H3. The monoisotopic (exact) mass is 220 g/mol. The molecule has 0 fully saturated rings. The summed E-state index contributed by atoms with van der Waals surface area (Å²) in [5.41, 5.74) is 3.00. The second-order valence-corrected chi connectivity index (χ2v) is 3.77. The van der Waals surface area contributed by atoms with Crippen molar-refractivity contribution in [3.05, 3.63) is 35.4 Å². The Bertz CT molecular complexity index is 446. The lowest BCUT2D eigenvalue weighted by molar-refractivity contribution is 0.300. The van der Waals surface area contributed by atoms with Gasteiger partial charge in [0.05, 0.1) is 6.54 Å². The average Bonchev–Trinajstić information content (AvgIpc) is 2.87. The average molecular weight is 220 g/mol. The third-order valence-electron chi connectivity index (χ3n) is 2.47. The number of aromatic nitrogens is 3. The molecule has 0 aromatic carbocycles. The molecule has 5 nitrogen and oxygen atoms in total. The molecular formula is C11H16N4O. The lowest BCUT2D eigenvalue weighted by Crippen LogP contribution is -2.11. The Morgan fingerprint density at radius 2 is 2.31 bits per heavy atom. The fourth-order valence-corrected chi connectivity index (χ4v) is 1.53. The Balaban J connectivity index is 2.00. The number of nitrogens with zero attached hydrogens (tertiary/aromatic N) is 3. The number of nitrogens with one attached hydrogen (secondary N) is 1. The first-order valence-corrected chi connectivity index (χ1v) is 5.43. The van der Waals surface area contributed by atoms with E-state index in [1.54, 1.807) is 0 Å². The van der Waals surface area contributed by atoms with E-state index in [2.05, 4.69) is 44.0 Å². The zero-order valence-electron chi connectivity index (χ0n) is 9.60. The second kappa shape index (κ2) is 4.94. The first-order valence-electron chi connectivity index (χ1n) is 5.43. The maximum Gasteiger partial charge on any atom is 0.127 e. The van der Waals surface area contributed by atoms with Crippen LogP contribution in [0.25, 0.3) is 0 Å². The predicted molar refractivity (Wildman–Crippen MR) is 59.9 cm³/mol. The van der Waals surface area contributed by atoms with Crippen LogP contribution in [0.1, 0.15) is 23.9 Å². The molecule has 1 N–H and O–H groups in total. The zero-order valence-corrected chi connectivity index (χ0v) is 9.60. The van der Waals surface area contributed by atoms with E-state index in [0.717, 1.165) is 24.5 Å². The molecule has 0 aliphatic heterocycles. The Morgan fingerprint density at radius 1 is 1.44 bits per heavy atom. The van der Waals surface area contributed by atoms with Crippen molar-refractivity contribution in [1.29, 1.82) is 0 Å². The molecule has 0 spiro atoms. The smallest absolute Gasteiger partial charge is 0.127 e. The summed E-state index contributed by atoms with van der Waals surface area (Å²) in [6.07, 6.45) is 4.15. The highest BCUT2D eigenvalue weighted by atomic mass is 16.6. The van der Waals surface area contributed by atoms with Gasteiger partial charge >= 0.3 is 0 Å². The van der Waals surface area contributed by atoms with Gasteiger partial charge in [-0.15, -0.1) is 0 Å². The first-order chi connectivity index (χ1) is 7.79. The molecular weight excluding hydrogens is 204 g/mol. The van der Waals surface area contributed by atoms with Gasteiger partial charge in [-0.3, -0.25) is 0 Å². The summed E-state index contributed by atoms with van der Waals surface area (Å²) in [6.45, 7) is 6.59. The summed E-state index contributed by atoms with van der Waals surface area (Å²) in [4.78, 5) is 0. The largest absolute Gasteiger partial charge is 0.348 e. The van der Waals surface area contributed by atoms with Crippen molar-refractivity contribution in [2.75, 3.05) is 6.54 Å². The van der Waals surface area contributed by atoms with Crippen LogP contribution in [0.2, 0.25) is 0 Å². The third kappa shape index (κ3) is 2.49. The van der Waals surface area contributed by atoms with Gasteiger partial charge in [0.15, 0.2) is 0 Å². The molecule has 2 heterocycles.